The molecular formula is C14H25N3O3. The van der Waals surface area contributed by atoms with E-state index in [1.807, 2.05) is 4.90 Å². The SMILES string of the molecule is COC(=O)CC1CCCCN1C(=O)CN1CCNCC1. The second-order valence-corrected chi connectivity index (χ2v) is 5.54. The van der Waals surface area contributed by atoms with Crippen LogP contribution < -0.4 is 5.32 Å². The van der Waals surface area contributed by atoms with Gasteiger partial charge in [0.2, 0.25) is 5.91 Å². The van der Waals surface area contributed by atoms with Crippen molar-refractivity contribution in [1.29, 1.82) is 0 Å². The molecule has 2 saturated heterocycles. The van der Waals surface area contributed by atoms with Gasteiger partial charge in [-0.15, -0.1) is 0 Å². The van der Waals surface area contributed by atoms with Crippen LogP contribution in [-0.4, -0.2) is 74.1 Å². The van der Waals surface area contributed by atoms with Gasteiger partial charge in [-0.1, -0.05) is 0 Å². The molecule has 20 heavy (non-hydrogen) atoms. The van der Waals surface area contributed by atoms with Gasteiger partial charge in [-0.25, -0.2) is 0 Å². The fourth-order valence-electron chi connectivity index (χ4n) is 2.97. The molecule has 0 saturated carbocycles. The van der Waals surface area contributed by atoms with E-state index < -0.39 is 0 Å². The largest absolute Gasteiger partial charge is 0.469 e. The number of esters is 1. The Labute approximate surface area is 120 Å². The molecule has 0 aromatic carbocycles. The Morgan fingerprint density at radius 1 is 1.20 bits per heavy atom. The number of hydrogen-bond acceptors (Lipinski definition) is 5. The summed E-state index contributed by atoms with van der Waals surface area (Å²) >= 11 is 0. The zero-order valence-electron chi connectivity index (χ0n) is 12.3. The highest BCUT2D eigenvalue weighted by molar-refractivity contribution is 5.79. The topological polar surface area (TPSA) is 61.9 Å². The number of amides is 1. The lowest BCUT2D eigenvalue weighted by Crippen LogP contribution is -2.52. The third kappa shape index (κ3) is 4.18. The summed E-state index contributed by atoms with van der Waals surface area (Å²) in [5.74, 6) is -0.0719. The normalized spacial score (nSPS) is 24.4. The minimum absolute atomic E-state index is 0.0200. The maximum absolute atomic E-state index is 12.5. The van der Waals surface area contributed by atoms with Gasteiger partial charge in [0, 0.05) is 38.8 Å². The first kappa shape index (κ1) is 15.3. The number of carbonyl (C=O) groups is 2. The van der Waals surface area contributed by atoms with Gasteiger partial charge in [0.05, 0.1) is 20.1 Å². The van der Waals surface area contributed by atoms with E-state index in [0.717, 1.165) is 52.0 Å². The molecule has 0 aromatic rings. The van der Waals surface area contributed by atoms with Crippen molar-refractivity contribution in [2.45, 2.75) is 31.7 Å². The smallest absolute Gasteiger partial charge is 0.307 e. The lowest BCUT2D eigenvalue weighted by atomic mass is 9.99. The fraction of sp³-hybridized carbons (Fsp3) is 0.857. The number of rotatable bonds is 4. The summed E-state index contributed by atoms with van der Waals surface area (Å²) in [7, 11) is 1.40. The molecule has 1 atom stereocenters. The number of piperazine rings is 1. The zero-order chi connectivity index (χ0) is 14.4. The first-order valence-electron chi connectivity index (χ1n) is 7.50. The quantitative estimate of drug-likeness (QED) is 0.726. The van der Waals surface area contributed by atoms with E-state index in [9.17, 15) is 9.59 Å². The third-order valence-corrected chi connectivity index (χ3v) is 4.15. The monoisotopic (exact) mass is 283 g/mol. The zero-order valence-corrected chi connectivity index (χ0v) is 12.3. The summed E-state index contributed by atoms with van der Waals surface area (Å²) in [5, 5.41) is 3.28. The average Bonchev–Trinajstić information content (AvgIpc) is 2.48. The van der Waals surface area contributed by atoms with Crippen molar-refractivity contribution in [2.24, 2.45) is 0 Å². The highest BCUT2D eigenvalue weighted by Gasteiger charge is 2.29. The van der Waals surface area contributed by atoms with Crippen molar-refractivity contribution >= 4 is 11.9 Å². The lowest BCUT2D eigenvalue weighted by Gasteiger charge is -2.37. The number of piperidine rings is 1. The van der Waals surface area contributed by atoms with Gasteiger partial charge in [-0.2, -0.15) is 0 Å². The number of ether oxygens (including phenoxy) is 1. The van der Waals surface area contributed by atoms with Crippen LogP contribution >= 0.6 is 0 Å². The molecule has 114 valence electrons. The number of likely N-dealkylation sites (tertiary alicyclic amines) is 1. The molecule has 0 radical (unpaired) electrons. The molecule has 0 aliphatic carbocycles. The lowest BCUT2D eigenvalue weighted by molar-refractivity contribution is -0.145. The summed E-state index contributed by atoms with van der Waals surface area (Å²) < 4.78 is 4.74. The van der Waals surface area contributed by atoms with E-state index in [1.54, 1.807) is 0 Å². The summed E-state index contributed by atoms with van der Waals surface area (Å²) in [4.78, 5) is 28.0. The Morgan fingerprint density at radius 3 is 2.65 bits per heavy atom. The van der Waals surface area contributed by atoms with Crippen LogP contribution in [-0.2, 0) is 14.3 Å². The molecule has 2 heterocycles. The first-order valence-corrected chi connectivity index (χ1v) is 7.50. The van der Waals surface area contributed by atoms with Crippen LogP contribution in [0.15, 0.2) is 0 Å². The Hall–Kier alpha value is -1.14. The van der Waals surface area contributed by atoms with Crippen LogP contribution in [0.1, 0.15) is 25.7 Å². The minimum atomic E-state index is -0.225. The first-order chi connectivity index (χ1) is 9.70. The van der Waals surface area contributed by atoms with Gasteiger partial charge in [0.25, 0.3) is 0 Å². The van der Waals surface area contributed by atoms with E-state index in [0.29, 0.717) is 13.0 Å². The Bertz CT molecular complexity index is 343. The number of nitrogens with one attached hydrogen (secondary N) is 1. The van der Waals surface area contributed by atoms with E-state index in [4.69, 9.17) is 4.74 Å². The van der Waals surface area contributed by atoms with Gasteiger partial charge in [0.1, 0.15) is 0 Å². The van der Waals surface area contributed by atoms with E-state index in [1.165, 1.54) is 7.11 Å². The maximum atomic E-state index is 12.5. The molecule has 0 aromatic heterocycles. The Balaban J connectivity index is 1.88. The molecule has 0 bridgehead atoms. The summed E-state index contributed by atoms with van der Waals surface area (Å²) in [6, 6.07) is 0.0200. The molecule has 6 heteroatoms. The molecule has 2 aliphatic heterocycles. The van der Waals surface area contributed by atoms with Crippen LogP contribution in [0.2, 0.25) is 0 Å². The molecule has 2 fully saturated rings. The van der Waals surface area contributed by atoms with Gasteiger partial charge < -0.3 is 15.0 Å². The van der Waals surface area contributed by atoms with Crippen LogP contribution in [0, 0.1) is 0 Å². The van der Waals surface area contributed by atoms with Crippen LogP contribution in [0.25, 0.3) is 0 Å². The molecule has 2 rings (SSSR count). The maximum Gasteiger partial charge on any atom is 0.307 e. The van der Waals surface area contributed by atoms with Crippen LogP contribution in [0.5, 0.6) is 0 Å². The number of nitrogens with zero attached hydrogens (tertiary/aromatic N) is 2. The van der Waals surface area contributed by atoms with Crippen molar-refractivity contribution in [3.63, 3.8) is 0 Å². The second-order valence-electron chi connectivity index (χ2n) is 5.54. The van der Waals surface area contributed by atoms with E-state index in [2.05, 4.69) is 10.2 Å². The Morgan fingerprint density at radius 2 is 1.95 bits per heavy atom. The van der Waals surface area contributed by atoms with E-state index >= 15 is 0 Å². The third-order valence-electron chi connectivity index (χ3n) is 4.15. The minimum Gasteiger partial charge on any atom is -0.469 e. The number of carbonyl (C=O) groups excluding carboxylic acids is 2. The average molecular weight is 283 g/mol. The molecule has 1 amide bonds. The van der Waals surface area contributed by atoms with Crippen molar-refractivity contribution in [3.05, 3.63) is 0 Å². The summed E-state index contributed by atoms with van der Waals surface area (Å²) in [5.41, 5.74) is 0. The molecule has 6 nitrogen and oxygen atoms in total. The highest BCUT2D eigenvalue weighted by atomic mass is 16.5. The van der Waals surface area contributed by atoms with Gasteiger partial charge in [-0.05, 0) is 19.3 Å². The van der Waals surface area contributed by atoms with Crippen molar-refractivity contribution < 1.29 is 14.3 Å². The van der Waals surface area contributed by atoms with Crippen molar-refractivity contribution in [1.82, 2.24) is 15.1 Å². The molecular weight excluding hydrogens is 258 g/mol. The molecule has 1 unspecified atom stereocenters. The number of methoxy groups -OCH3 is 1. The number of hydrogen-bond donors (Lipinski definition) is 1. The van der Waals surface area contributed by atoms with Gasteiger partial charge >= 0.3 is 5.97 Å². The molecule has 0 spiro atoms. The standard InChI is InChI=1S/C14H25N3O3/c1-20-14(19)10-12-4-2-3-7-17(12)13(18)11-16-8-5-15-6-9-16/h12,15H,2-11H2,1H3. The van der Waals surface area contributed by atoms with Gasteiger partial charge in [0.15, 0.2) is 0 Å². The highest BCUT2D eigenvalue weighted by Crippen LogP contribution is 2.20. The molecule has 1 N–H and O–H groups in total. The predicted octanol–water partition coefficient (Wildman–Crippen LogP) is -0.164. The predicted molar refractivity (Wildman–Crippen MR) is 75.3 cm³/mol. The second kappa shape index (κ2) is 7.59. The summed E-state index contributed by atoms with van der Waals surface area (Å²) in [6.45, 7) is 4.96. The van der Waals surface area contributed by atoms with Crippen LogP contribution in [0.4, 0.5) is 0 Å². The van der Waals surface area contributed by atoms with E-state index in [-0.39, 0.29) is 17.9 Å². The van der Waals surface area contributed by atoms with Gasteiger partial charge in [-0.3, -0.25) is 14.5 Å². The Kier molecular flexibility index (Phi) is 5.79. The van der Waals surface area contributed by atoms with Crippen molar-refractivity contribution in [3.8, 4) is 0 Å². The van der Waals surface area contributed by atoms with Crippen molar-refractivity contribution in [2.75, 3.05) is 46.4 Å². The molecule has 2 aliphatic rings. The van der Waals surface area contributed by atoms with Crippen LogP contribution in [0.3, 0.4) is 0 Å². The summed E-state index contributed by atoms with van der Waals surface area (Å²) in [6.07, 6.45) is 3.34. The fourth-order valence-corrected chi connectivity index (χ4v) is 2.97.